The summed E-state index contributed by atoms with van der Waals surface area (Å²) >= 11 is 0. The number of urea groups is 1. The first-order chi connectivity index (χ1) is 11.7. The molecule has 5 nitrogen and oxygen atoms in total. The third kappa shape index (κ3) is 1.78. The third-order valence-electron chi connectivity index (χ3n) is 6.09. The number of amides is 3. The minimum Gasteiger partial charge on any atom is -0.323 e. The maximum atomic E-state index is 13.1. The van der Waals surface area contributed by atoms with Crippen LogP contribution < -0.4 is 10.2 Å². The Hall–Kier alpha value is -2.43. The van der Waals surface area contributed by atoms with Gasteiger partial charge in [0.2, 0.25) is 0 Å². The van der Waals surface area contributed by atoms with E-state index in [1.54, 1.807) is 12.4 Å². The second kappa shape index (κ2) is 4.79. The van der Waals surface area contributed by atoms with Gasteiger partial charge in [-0.15, -0.1) is 0 Å². The summed E-state index contributed by atoms with van der Waals surface area (Å²) in [6, 6.07) is 7.39. The summed E-state index contributed by atoms with van der Waals surface area (Å²) in [6.07, 6.45) is 8.81. The Morgan fingerprint density at radius 1 is 1.08 bits per heavy atom. The molecule has 3 aliphatic rings. The Morgan fingerprint density at radius 3 is 2.62 bits per heavy atom. The van der Waals surface area contributed by atoms with Gasteiger partial charge in [0, 0.05) is 17.0 Å². The van der Waals surface area contributed by atoms with E-state index >= 15 is 0 Å². The number of imide groups is 1. The molecule has 3 fully saturated rings. The van der Waals surface area contributed by atoms with Crippen molar-refractivity contribution in [2.75, 3.05) is 4.90 Å². The lowest BCUT2D eigenvalue weighted by molar-refractivity contribution is -0.128. The van der Waals surface area contributed by atoms with Crippen molar-refractivity contribution in [3.8, 4) is 0 Å². The van der Waals surface area contributed by atoms with Crippen LogP contribution in [0.2, 0.25) is 0 Å². The highest BCUT2D eigenvalue weighted by atomic mass is 16.2. The van der Waals surface area contributed by atoms with Gasteiger partial charge in [0.1, 0.15) is 5.54 Å². The molecule has 2 heterocycles. The van der Waals surface area contributed by atoms with Crippen molar-refractivity contribution in [1.29, 1.82) is 0 Å². The first-order valence-corrected chi connectivity index (χ1v) is 8.67. The van der Waals surface area contributed by atoms with Gasteiger partial charge in [-0.05, 0) is 24.7 Å². The Bertz CT molecular complexity index is 847. The number of hydrogen-bond donors (Lipinski definition) is 1. The minimum atomic E-state index is -0.672. The van der Waals surface area contributed by atoms with Crippen LogP contribution in [0, 0.1) is 11.8 Å². The van der Waals surface area contributed by atoms with Crippen LogP contribution in [0.15, 0.2) is 36.7 Å². The molecule has 1 aromatic heterocycles. The molecular weight excluding hydrogens is 302 g/mol. The monoisotopic (exact) mass is 321 g/mol. The van der Waals surface area contributed by atoms with Crippen LogP contribution in [0.1, 0.15) is 32.1 Å². The summed E-state index contributed by atoms with van der Waals surface area (Å²) in [6.45, 7) is 0. The normalized spacial score (nSPS) is 29.7. The van der Waals surface area contributed by atoms with Gasteiger partial charge < -0.3 is 5.32 Å². The van der Waals surface area contributed by atoms with E-state index in [0.717, 1.165) is 29.5 Å². The molecule has 1 aromatic carbocycles. The zero-order valence-corrected chi connectivity index (χ0v) is 13.4. The fourth-order valence-electron chi connectivity index (χ4n) is 4.47. The predicted octanol–water partition coefficient (Wildman–Crippen LogP) is 3.24. The number of nitrogens with zero attached hydrogens (tertiary/aromatic N) is 2. The van der Waals surface area contributed by atoms with Crippen molar-refractivity contribution in [1.82, 2.24) is 10.3 Å². The minimum absolute atomic E-state index is 0.110. The summed E-state index contributed by atoms with van der Waals surface area (Å²) in [4.78, 5) is 31.1. The average molecular weight is 321 g/mol. The molecule has 122 valence electrons. The summed E-state index contributed by atoms with van der Waals surface area (Å²) < 4.78 is 0. The predicted molar refractivity (Wildman–Crippen MR) is 90.6 cm³/mol. The maximum Gasteiger partial charge on any atom is 0.329 e. The number of aromatic nitrogens is 1. The fraction of sp³-hybridized carbons (Fsp3) is 0.421. The average Bonchev–Trinajstić information content (AvgIpc) is 2.76. The first-order valence-electron chi connectivity index (χ1n) is 8.67. The highest BCUT2D eigenvalue weighted by Crippen LogP contribution is 2.51. The molecule has 1 spiro atoms. The van der Waals surface area contributed by atoms with Gasteiger partial charge in [0.05, 0.1) is 11.9 Å². The van der Waals surface area contributed by atoms with E-state index in [1.807, 2.05) is 24.3 Å². The molecule has 2 aliphatic carbocycles. The number of hydrogen-bond acceptors (Lipinski definition) is 3. The van der Waals surface area contributed by atoms with Gasteiger partial charge in [-0.3, -0.25) is 9.78 Å². The Kier molecular flexibility index (Phi) is 2.78. The number of pyridine rings is 1. The first kappa shape index (κ1) is 14.0. The molecule has 2 aromatic rings. The van der Waals surface area contributed by atoms with E-state index in [2.05, 4.69) is 10.3 Å². The molecule has 2 saturated carbocycles. The molecule has 0 radical (unpaired) electrons. The number of benzene rings is 1. The van der Waals surface area contributed by atoms with Gasteiger partial charge in [-0.1, -0.05) is 43.5 Å². The second-order valence-corrected chi connectivity index (χ2v) is 7.39. The van der Waals surface area contributed by atoms with Crippen molar-refractivity contribution in [2.24, 2.45) is 11.8 Å². The van der Waals surface area contributed by atoms with E-state index < -0.39 is 5.54 Å². The lowest BCUT2D eigenvalue weighted by atomic mass is 9.58. The standard InChI is InChI=1S/C19H19N3O2/c23-17-19(8-14(9-19)12-5-3-6-12)21-18(24)22(17)16-11-20-10-13-4-1-2-7-15(13)16/h1-2,4,7,10-12,14H,3,5-6,8-9H2,(H,21,24)/t14-,19-. The number of rotatable bonds is 2. The van der Waals surface area contributed by atoms with E-state index in [0.29, 0.717) is 11.6 Å². The number of carbonyl (C=O) groups is 2. The zero-order valence-electron chi connectivity index (χ0n) is 13.4. The Labute approximate surface area is 140 Å². The molecule has 1 saturated heterocycles. The van der Waals surface area contributed by atoms with Crippen LogP contribution in [0.3, 0.4) is 0 Å². The SMILES string of the molecule is O=C1N[C@]2(C[C@H](C3CCC3)C2)C(=O)N1c1cncc2ccccc12. The Balaban J connectivity index is 1.48. The molecule has 1 N–H and O–H groups in total. The fourth-order valence-corrected chi connectivity index (χ4v) is 4.47. The zero-order chi connectivity index (χ0) is 16.3. The second-order valence-electron chi connectivity index (χ2n) is 7.39. The quantitative estimate of drug-likeness (QED) is 0.864. The summed E-state index contributed by atoms with van der Waals surface area (Å²) in [7, 11) is 0. The van der Waals surface area contributed by atoms with Gasteiger partial charge >= 0.3 is 6.03 Å². The van der Waals surface area contributed by atoms with Crippen molar-refractivity contribution in [2.45, 2.75) is 37.6 Å². The van der Waals surface area contributed by atoms with Gasteiger partial charge in [-0.25, -0.2) is 9.69 Å². The van der Waals surface area contributed by atoms with Crippen LogP contribution >= 0.6 is 0 Å². The van der Waals surface area contributed by atoms with E-state index in [1.165, 1.54) is 24.2 Å². The number of fused-ring (bicyclic) bond motifs is 1. The van der Waals surface area contributed by atoms with Gasteiger partial charge in [0.15, 0.2) is 0 Å². The van der Waals surface area contributed by atoms with Crippen molar-refractivity contribution < 1.29 is 9.59 Å². The maximum absolute atomic E-state index is 13.1. The molecule has 24 heavy (non-hydrogen) atoms. The molecule has 0 atom stereocenters. The van der Waals surface area contributed by atoms with Crippen LogP contribution in [0.5, 0.6) is 0 Å². The van der Waals surface area contributed by atoms with Crippen molar-refractivity contribution >= 4 is 28.4 Å². The molecule has 5 heteroatoms. The van der Waals surface area contributed by atoms with Crippen LogP contribution in [0.4, 0.5) is 10.5 Å². The lowest BCUT2D eigenvalue weighted by Crippen LogP contribution is -2.59. The third-order valence-corrected chi connectivity index (χ3v) is 6.09. The highest BCUT2D eigenvalue weighted by Gasteiger charge is 2.60. The molecular formula is C19H19N3O2. The summed E-state index contributed by atoms with van der Waals surface area (Å²) in [5.41, 5.74) is -0.0894. The smallest absolute Gasteiger partial charge is 0.323 e. The molecule has 0 unspecified atom stereocenters. The van der Waals surface area contributed by atoms with Crippen molar-refractivity contribution in [3.63, 3.8) is 0 Å². The van der Waals surface area contributed by atoms with E-state index in [9.17, 15) is 9.59 Å². The molecule has 1 aliphatic heterocycles. The van der Waals surface area contributed by atoms with E-state index in [-0.39, 0.29) is 11.9 Å². The number of nitrogens with one attached hydrogen (secondary N) is 1. The largest absolute Gasteiger partial charge is 0.329 e. The van der Waals surface area contributed by atoms with Crippen molar-refractivity contribution in [3.05, 3.63) is 36.7 Å². The summed E-state index contributed by atoms with van der Waals surface area (Å²) in [5.74, 6) is 1.24. The molecule has 0 bridgehead atoms. The summed E-state index contributed by atoms with van der Waals surface area (Å²) in [5, 5.41) is 4.78. The van der Waals surface area contributed by atoms with Crippen LogP contribution in [-0.4, -0.2) is 22.5 Å². The lowest BCUT2D eigenvalue weighted by Gasteiger charge is -2.49. The van der Waals surface area contributed by atoms with E-state index in [4.69, 9.17) is 0 Å². The number of carbonyl (C=O) groups excluding carboxylic acids is 2. The molecule has 5 rings (SSSR count). The number of anilines is 1. The van der Waals surface area contributed by atoms with Crippen LogP contribution in [-0.2, 0) is 4.79 Å². The van der Waals surface area contributed by atoms with Crippen LogP contribution in [0.25, 0.3) is 10.8 Å². The molecule has 3 amide bonds. The highest BCUT2D eigenvalue weighted by molar-refractivity contribution is 6.26. The van der Waals surface area contributed by atoms with Gasteiger partial charge in [-0.2, -0.15) is 0 Å². The topological polar surface area (TPSA) is 62.3 Å². The Morgan fingerprint density at radius 2 is 1.88 bits per heavy atom. The van der Waals surface area contributed by atoms with Gasteiger partial charge in [0.25, 0.3) is 5.91 Å².